The molecule has 0 radical (unpaired) electrons. The summed E-state index contributed by atoms with van der Waals surface area (Å²) >= 11 is 0. The fourth-order valence-electron chi connectivity index (χ4n) is 2.96. The van der Waals surface area contributed by atoms with Crippen LogP contribution in [0.4, 0.5) is 5.82 Å². The molecule has 0 aromatic carbocycles. The molecule has 1 aliphatic rings. The van der Waals surface area contributed by atoms with Crippen LogP contribution >= 0.6 is 0 Å². The number of hydrogen-bond acceptors (Lipinski definition) is 7. The quantitative estimate of drug-likeness (QED) is 0.824. The van der Waals surface area contributed by atoms with Crippen molar-refractivity contribution in [2.24, 2.45) is 7.05 Å². The minimum atomic E-state index is -0.0262. The Kier molecular flexibility index (Phi) is 3.96. The van der Waals surface area contributed by atoms with Gasteiger partial charge in [-0.1, -0.05) is 5.21 Å². The van der Waals surface area contributed by atoms with Gasteiger partial charge in [-0.2, -0.15) is 10.4 Å². The Morgan fingerprint density at radius 2 is 2.04 bits per heavy atom. The maximum absolute atomic E-state index is 9.49. The van der Waals surface area contributed by atoms with Gasteiger partial charge < -0.3 is 9.64 Å². The van der Waals surface area contributed by atoms with E-state index in [0.29, 0.717) is 24.5 Å². The topological polar surface area (TPSA) is 92.8 Å². The number of hydrogen-bond donors (Lipinski definition) is 0. The average molecular weight is 313 g/mol. The number of nitriles is 1. The Morgan fingerprint density at radius 3 is 2.65 bits per heavy atom. The lowest BCUT2D eigenvalue weighted by molar-refractivity contribution is 0.105. The smallest absolute Gasteiger partial charge is 0.169 e. The number of aromatic nitrogens is 5. The molecule has 1 fully saturated rings. The van der Waals surface area contributed by atoms with Crippen LogP contribution in [-0.4, -0.2) is 51.5 Å². The van der Waals surface area contributed by atoms with Crippen LogP contribution in [-0.2, 0) is 11.8 Å². The standard InChI is InChI=1S/C15H19N7O/c1-9-10(2)17-19-15(11(9)5-16)22-6-12(14(8-22)23-4)13-7-21(3)20-18-13/h7,12,14H,6,8H2,1-4H3/t12-,14+/m0/s1. The molecule has 2 atom stereocenters. The average Bonchev–Trinajstić information content (AvgIpc) is 3.15. The largest absolute Gasteiger partial charge is 0.379 e. The van der Waals surface area contributed by atoms with Crippen LogP contribution < -0.4 is 4.90 Å². The van der Waals surface area contributed by atoms with Crippen LogP contribution in [0.5, 0.6) is 0 Å². The second-order valence-electron chi connectivity index (χ2n) is 5.82. The van der Waals surface area contributed by atoms with E-state index in [-0.39, 0.29) is 12.0 Å². The highest BCUT2D eigenvalue weighted by atomic mass is 16.5. The lowest BCUT2D eigenvalue weighted by Gasteiger charge is -2.18. The molecule has 0 amide bonds. The molecule has 3 heterocycles. The van der Waals surface area contributed by atoms with Crippen LogP contribution in [0.1, 0.15) is 28.4 Å². The van der Waals surface area contributed by atoms with Gasteiger partial charge in [-0.15, -0.1) is 10.2 Å². The molecule has 8 heteroatoms. The molecule has 0 N–H and O–H groups in total. The number of aryl methyl sites for hydroxylation is 2. The van der Waals surface area contributed by atoms with E-state index in [2.05, 4.69) is 26.6 Å². The summed E-state index contributed by atoms with van der Waals surface area (Å²) in [6.45, 7) is 5.07. The van der Waals surface area contributed by atoms with Crippen LogP contribution in [0.15, 0.2) is 6.20 Å². The molecular weight excluding hydrogens is 294 g/mol. The van der Waals surface area contributed by atoms with Crippen molar-refractivity contribution in [1.82, 2.24) is 25.2 Å². The van der Waals surface area contributed by atoms with Gasteiger partial charge in [-0.25, -0.2) is 0 Å². The van der Waals surface area contributed by atoms with Gasteiger partial charge in [0.2, 0.25) is 0 Å². The molecule has 23 heavy (non-hydrogen) atoms. The predicted octanol–water partition coefficient (Wildman–Crippen LogP) is 0.712. The third-order valence-corrected chi connectivity index (χ3v) is 4.42. The van der Waals surface area contributed by atoms with E-state index in [9.17, 15) is 5.26 Å². The van der Waals surface area contributed by atoms with Crippen molar-refractivity contribution in [2.75, 3.05) is 25.1 Å². The van der Waals surface area contributed by atoms with Gasteiger partial charge in [0, 0.05) is 33.4 Å². The highest BCUT2D eigenvalue weighted by Gasteiger charge is 2.37. The summed E-state index contributed by atoms with van der Waals surface area (Å²) < 4.78 is 7.30. The van der Waals surface area contributed by atoms with Gasteiger partial charge in [-0.05, 0) is 19.4 Å². The molecule has 0 spiro atoms. The van der Waals surface area contributed by atoms with Crippen LogP contribution in [0.2, 0.25) is 0 Å². The van der Waals surface area contributed by atoms with E-state index in [0.717, 1.165) is 17.0 Å². The molecule has 2 aromatic rings. The van der Waals surface area contributed by atoms with Gasteiger partial charge in [0.15, 0.2) is 5.82 Å². The molecule has 8 nitrogen and oxygen atoms in total. The van der Waals surface area contributed by atoms with Crippen molar-refractivity contribution in [3.63, 3.8) is 0 Å². The molecule has 0 bridgehead atoms. The maximum atomic E-state index is 9.49. The Morgan fingerprint density at radius 1 is 1.26 bits per heavy atom. The number of nitrogens with zero attached hydrogens (tertiary/aromatic N) is 7. The zero-order valence-electron chi connectivity index (χ0n) is 13.7. The number of rotatable bonds is 3. The molecule has 3 rings (SSSR count). The van der Waals surface area contributed by atoms with E-state index >= 15 is 0 Å². The van der Waals surface area contributed by atoms with Crippen LogP contribution in [0.25, 0.3) is 0 Å². The van der Waals surface area contributed by atoms with E-state index in [1.807, 2.05) is 32.0 Å². The number of anilines is 1. The Bertz CT molecular complexity index is 764. The second kappa shape index (κ2) is 5.93. The van der Waals surface area contributed by atoms with Crippen LogP contribution in [0.3, 0.4) is 0 Å². The van der Waals surface area contributed by atoms with E-state index in [4.69, 9.17) is 4.74 Å². The highest BCUT2D eigenvalue weighted by molar-refractivity contribution is 5.58. The van der Waals surface area contributed by atoms with Crippen LogP contribution in [0, 0.1) is 25.2 Å². The fraction of sp³-hybridized carbons (Fsp3) is 0.533. The van der Waals surface area contributed by atoms with E-state index in [1.54, 1.807) is 11.8 Å². The summed E-state index contributed by atoms with van der Waals surface area (Å²) in [6, 6.07) is 2.26. The molecule has 0 unspecified atom stereocenters. The van der Waals surface area contributed by atoms with Crippen molar-refractivity contribution in [3.8, 4) is 6.07 Å². The second-order valence-corrected chi connectivity index (χ2v) is 5.82. The van der Waals surface area contributed by atoms with Crippen molar-refractivity contribution in [2.45, 2.75) is 25.9 Å². The van der Waals surface area contributed by atoms with Crippen molar-refractivity contribution >= 4 is 5.82 Å². The molecule has 1 aliphatic heterocycles. The minimum Gasteiger partial charge on any atom is -0.379 e. The molecule has 2 aromatic heterocycles. The zero-order chi connectivity index (χ0) is 16.6. The lowest BCUT2D eigenvalue weighted by atomic mass is 10.0. The third-order valence-electron chi connectivity index (χ3n) is 4.42. The highest BCUT2D eigenvalue weighted by Crippen LogP contribution is 2.32. The van der Waals surface area contributed by atoms with Gasteiger partial charge in [0.25, 0.3) is 0 Å². The minimum absolute atomic E-state index is 0.0262. The van der Waals surface area contributed by atoms with E-state index in [1.165, 1.54) is 0 Å². The Balaban J connectivity index is 1.94. The summed E-state index contributed by atoms with van der Waals surface area (Å²) in [4.78, 5) is 2.05. The SMILES string of the molecule is CO[C@@H]1CN(c2nnc(C)c(C)c2C#N)C[C@H]1c1cn(C)nn1. The molecule has 0 saturated carbocycles. The molecule has 1 saturated heterocycles. The number of methoxy groups -OCH3 is 1. The van der Waals surface area contributed by atoms with Crippen molar-refractivity contribution in [1.29, 1.82) is 5.26 Å². The fourth-order valence-corrected chi connectivity index (χ4v) is 2.96. The van der Waals surface area contributed by atoms with Gasteiger partial charge in [0.05, 0.1) is 23.4 Å². The lowest BCUT2D eigenvalue weighted by Crippen LogP contribution is -2.25. The van der Waals surface area contributed by atoms with Gasteiger partial charge in [-0.3, -0.25) is 4.68 Å². The summed E-state index contributed by atoms with van der Waals surface area (Å²) in [6.07, 6.45) is 1.87. The summed E-state index contributed by atoms with van der Waals surface area (Å²) in [5.74, 6) is 0.702. The summed E-state index contributed by atoms with van der Waals surface area (Å²) in [5.41, 5.74) is 3.11. The maximum Gasteiger partial charge on any atom is 0.169 e. The molecular formula is C15H19N7O. The Labute approximate surface area is 134 Å². The first kappa shape index (κ1) is 15.4. The van der Waals surface area contributed by atoms with Gasteiger partial charge >= 0.3 is 0 Å². The first-order chi connectivity index (χ1) is 11.0. The van der Waals surface area contributed by atoms with Crippen molar-refractivity contribution < 1.29 is 4.74 Å². The third kappa shape index (κ3) is 2.64. The normalized spacial score (nSPS) is 20.7. The van der Waals surface area contributed by atoms with E-state index < -0.39 is 0 Å². The number of ether oxygens (including phenoxy) is 1. The first-order valence-electron chi connectivity index (χ1n) is 7.43. The zero-order valence-corrected chi connectivity index (χ0v) is 13.7. The molecule has 120 valence electrons. The molecule has 0 aliphatic carbocycles. The predicted molar refractivity (Wildman–Crippen MR) is 83.0 cm³/mol. The Hall–Kier alpha value is -2.53. The summed E-state index contributed by atoms with van der Waals surface area (Å²) in [5, 5.41) is 26.1. The first-order valence-corrected chi connectivity index (χ1v) is 7.43. The van der Waals surface area contributed by atoms with Crippen molar-refractivity contribution in [3.05, 3.63) is 28.7 Å². The monoisotopic (exact) mass is 313 g/mol. The summed E-state index contributed by atoms with van der Waals surface area (Å²) in [7, 11) is 3.53. The van der Waals surface area contributed by atoms with Gasteiger partial charge in [0.1, 0.15) is 11.6 Å².